The summed E-state index contributed by atoms with van der Waals surface area (Å²) in [7, 11) is 0. The van der Waals surface area contributed by atoms with E-state index in [1.807, 2.05) is 62.4 Å². The number of carbonyl (C=O) groups excluding carboxylic acids is 1. The van der Waals surface area contributed by atoms with Crippen molar-refractivity contribution in [2.24, 2.45) is 10.7 Å². The van der Waals surface area contributed by atoms with E-state index in [0.29, 0.717) is 6.42 Å². The number of amides is 1. The van der Waals surface area contributed by atoms with Crippen LogP contribution in [0.25, 0.3) is 0 Å². The van der Waals surface area contributed by atoms with E-state index in [1.165, 1.54) is 5.56 Å². The number of guanidine groups is 1. The highest BCUT2D eigenvalue weighted by Crippen LogP contribution is 2.33. The summed E-state index contributed by atoms with van der Waals surface area (Å²) >= 11 is 0. The average molecular weight is 293 g/mol. The van der Waals surface area contributed by atoms with Crippen LogP contribution in [0.15, 0.2) is 53.5 Å². The van der Waals surface area contributed by atoms with Crippen LogP contribution in [0, 0.1) is 13.8 Å². The number of carbonyl (C=O) groups is 1. The molecule has 112 valence electrons. The SMILES string of the molecule is Cc1ccc(C[C@@]2(c3ccc(C)cc3)N=C(N)NC2=O)cc1. The molecule has 3 rings (SSSR count). The second-order valence-corrected chi connectivity index (χ2v) is 5.84. The van der Waals surface area contributed by atoms with Crippen molar-refractivity contribution in [3.05, 3.63) is 70.8 Å². The first-order valence-electron chi connectivity index (χ1n) is 7.29. The van der Waals surface area contributed by atoms with E-state index in [9.17, 15) is 4.79 Å². The molecule has 0 fully saturated rings. The summed E-state index contributed by atoms with van der Waals surface area (Å²) < 4.78 is 0. The molecule has 4 heteroatoms. The first kappa shape index (κ1) is 14.3. The van der Waals surface area contributed by atoms with Gasteiger partial charge in [-0.1, -0.05) is 59.7 Å². The number of nitrogens with two attached hydrogens (primary N) is 1. The Balaban J connectivity index is 2.06. The topological polar surface area (TPSA) is 67.5 Å². The van der Waals surface area contributed by atoms with Gasteiger partial charge in [-0.25, -0.2) is 4.99 Å². The minimum atomic E-state index is -0.979. The van der Waals surface area contributed by atoms with Gasteiger partial charge in [0.1, 0.15) is 0 Å². The molecule has 2 aromatic carbocycles. The molecule has 1 amide bonds. The van der Waals surface area contributed by atoms with Crippen LogP contribution in [0.1, 0.15) is 22.3 Å². The average Bonchev–Trinajstić information content (AvgIpc) is 2.77. The van der Waals surface area contributed by atoms with E-state index < -0.39 is 5.54 Å². The van der Waals surface area contributed by atoms with Crippen LogP contribution in [-0.4, -0.2) is 11.9 Å². The van der Waals surface area contributed by atoms with Gasteiger partial charge in [-0.2, -0.15) is 0 Å². The van der Waals surface area contributed by atoms with E-state index in [2.05, 4.69) is 10.3 Å². The summed E-state index contributed by atoms with van der Waals surface area (Å²) in [5.41, 5.74) is 9.03. The van der Waals surface area contributed by atoms with Crippen LogP contribution in [0.3, 0.4) is 0 Å². The number of hydrogen-bond donors (Lipinski definition) is 2. The maximum Gasteiger partial charge on any atom is 0.259 e. The second kappa shape index (κ2) is 5.30. The Labute approximate surface area is 130 Å². The van der Waals surface area contributed by atoms with Gasteiger partial charge in [-0.15, -0.1) is 0 Å². The maximum atomic E-state index is 12.6. The fourth-order valence-electron chi connectivity index (χ4n) is 2.75. The standard InChI is InChI=1S/C18H19N3O/c1-12-3-7-14(8-4-12)11-18(16(22)20-17(19)21-18)15-9-5-13(2)6-10-15/h3-10H,11H2,1-2H3,(H3,19,20,21,22)/t18-/m0/s1. The molecule has 0 aromatic heterocycles. The van der Waals surface area contributed by atoms with E-state index in [4.69, 9.17) is 5.73 Å². The maximum absolute atomic E-state index is 12.6. The molecule has 4 nitrogen and oxygen atoms in total. The largest absolute Gasteiger partial charge is 0.370 e. The molecule has 0 aliphatic carbocycles. The van der Waals surface area contributed by atoms with E-state index in [-0.39, 0.29) is 11.9 Å². The van der Waals surface area contributed by atoms with Crippen molar-refractivity contribution in [3.8, 4) is 0 Å². The summed E-state index contributed by atoms with van der Waals surface area (Å²) in [6, 6.07) is 16.0. The molecule has 0 saturated heterocycles. The molecule has 1 atom stereocenters. The Morgan fingerprint density at radius 1 is 1.00 bits per heavy atom. The van der Waals surface area contributed by atoms with Crippen molar-refractivity contribution in [1.82, 2.24) is 5.32 Å². The Bertz CT molecular complexity index is 732. The van der Waals surface area contributed by atoms with Crippen LogP contribution >= 0.6 is 0 Å². The molecule has 0 spiro atoms. The van der Waals surface area contributed by atoms with Crippen molar-refractivity contribution < 1.29 is 4.79 Å². The van der Waals surface area contributed by atoms with Crippen LogP contribution in [0.4, 0.5) is 0 Å². The van der Waals surface area contributed by atoms with Gasteiger partial charge < -0.3 is 5.73 Å². The van der Waals surface area contributed by atoms with Crippen LogP contribution in [0.5, 0.6) is 0 Å². The van der Waals surface area contributed by atoms with E-state index in [0.717, 1.165) is 16.7 Å². The molecule has 0 saturated carbocycles. The zero-order valence-corrected chi connectivity index (χ0v) is 12.8. The smallest absolute Gasteiger partial charge is 0.259 e. The lowest BCUT2D eigenvalue weighted by molar-refractivity contribution is -0.124. The van der Waals surface area contributed by atoms with Crippen molar-refractivity contribution in [2.45, 2.75) is 25.8 Å². The van der Waals surface area contributed by atoms with Gasteiger partial charge in [0.25, 0.3) is 5.91 Å². The van der Waals surface area contributed by atoms with E-state index >= 15 is 0 Å². The molecule has 1 aliphatic heterocycles. The number of rotatable bonds is 3. The Hall–Kier alpha value is -2.62. The molecule has 0 unspecified atom stereocenters. The third-order valence-corrected chi connectivity index (χ3v) is 4.04. The Morgan fingerprint density at radius 3 is 2.05 bits per heavy atom. The second-order valence-electron chi connectivity index (χ2n) is 5.84. The minimum absolute atomic E-state index is 0.172. The van der Waals surface area contributed by atoms with Crippen LogP contribution in [-0.2, 0) is 16.8 Å². The molecule has 3 N–H and O–H groups in total. The number of aryl methyl sites for hydroxylation is 2. The van der Waals surface area contributed by atoms with Gasteiger partial charge in [-0.3, -0.25) is 10.1 Å². The number of benzene rings is 2. The molecule has 22 heavy (non-hydrogen) atoms. The normalized spacial score (nSPS) is 20.6. The molecular weight excluding hydrogens is 274 g/mol. The minimum Gasteiger partial charge on any atom is -0.370 e. The highest BCUT2D eigenvalue weighted by Gasteiger charge is 2.44. The summed E-state index contributed by atoms with van der Waals surface area (Å²) in [4.78, 5) is 17.0. The third-order valence-electron chi connectivity index (χ3n) is 4.04. The van der Waals surface area contributed by atoms with Gasteiger partial charge in [0.15, 0.2) is 11.5 Å². The number of hydrogen-bond acceptors (Lipinski definition) is 3. The monoisotopic (exact) mass is 293 g/mol. The van der Waals surface area contributed by atoms with Crippen LogP contribution < -0.4 is 11.1 Å². The highest BCUT2D eigenvalue weighted by atomic mass is 16.2. The lowest BCUT2D eigenvalue weighted by Crippen LogP contribution is -2.40. The lowest BCUT2D eigenvalue weighted by Gasteiger charge is -2.24. The molecule has 0 bridgehead atoms. The number of nitrogens with zero attached hydrogens (tertiary/aromatic N) is 1. The zero-order valence-electron chi connectivity index (χ0n) is 12.8. The fourth-order valence-corrected chi connectivity index (χ4v) is 2.75. The van der Waals surface area contributed by atoms with Gasteiger partial charge in [-0.05, 0) is 25.0 Å². The first-order chi connectivity index (χ1) is 10.5. The van der Waals surface area contributed by atoms with E-state index in [1.54, 1.807) is 0 Å². The summed E-state index contributed by atoms with van der Waals surface area (Å²) in [5, 5.41) is 2.64. The van der Waals surface area contributed by atoms with Crippen molar-refractivity contribution in [2.75, 3.05) is 0 Å². The first-order valence-corrected chi connectivity index (χ1v) is 7.29. The molecular formula is C18H19N3O. The van der Waals surface area contributed by atoms with Gasteiger partial charge in [0.05, 0.1) is 0 Å². The number of nitrogens with one attached hydrogen (secondary N) is 1. The summed E-state index contributed by atoms with van der Waals surface area (Å²) in [6.07, 6.45) is 0.489. The Kier molecular flexibility index (Phi) is 3.45. The quantitative estimate of drug-likeness (QED) is 0.911. The third kappa shape index (κ3) is 2.48. The van der Waals surface area contributed by atoms with Gasteiger partial charge >= 0.3 is 0 Å². The van der Waals surface area contributed by atoms with Gasteiger partial charge in [0.2, 0.25) is 0 Å². The molecule has 2 aromatic rings. The summed E-state index contributed by atoms with van der Waals surface area (Å²) in [5.74, 6) is 0.00659. The molecule has 0 radical (unpaired) electrons. The lowest BCUT2D eigenvalue weighted by atomic mass is 9.83. The van der Waals surface area contributed by atoms with Crippen LogP contribution in [0.2, 0.25) is 0 Å². The number of aliphatic imine (C=N–C) groups is 1. The Morgan fingerprint density at radius 2 is 1.55 bits per heavy atom. The molecule has 1 heterocycles. The summed E-state index contributed by atoms with van der Waals surface area (Å²) in [6.45, 7) is 4.06. The molecule has 1 aliphatic rings. The predicted octanol–water partition coefficient (Wildman–Crippen LogP) is 2.19. The zero-order chi connectivity index (χ0) is 15.7. The highest BCUT2D eigenvalue weighted by molar-refractivity contribution is 6.07. The van der Waals surface area contributed by atoms with Gasteiger partial charge in [0, 0.05) is 6.42 Å². The van der Waals surface area contributed by atoms with Crippen molar-refractivity contribution >= 4 is 11.9 Å². The van der Waals surface area contributed by atoms with Crippen molar-refractivity contribution in [1.29, 1.82) is 0 Å². The predicted molar refractivity (Wildman–Crippen MR) is 87.5 cm³/mol. The van der Waals surface area contributed by atoms with Crippen molar-refractivity contribution in [3.63, 3.8) is 0 Å². The fraction of sp³-hybridized carbons (Fsp3) is 0.222.